The molecule has 0 bridgehead atoms. The Balaban J connectivity index is 4.07. The van der Waals surface area contributed by atoms with Crippen LogP contribution in [0.2, 0.25) is 0 Å². The Morgan fingerprint density at radius 3 is 1.20 bits per heavy atom. The van der Waals surface area contributed by atoms with Crippen LogP contribution in [0.5, 0.6) is 0 Å². The Hall–Kier alpha value is -3.27. The van der Waals surface area contributed by atoms with E-state index in [2.05, 4.69) is 86.8 Å². The van der Waals surface area contributed by atoms with Gasteiger partial charge in [-0.15, -0.1) is 0 Å². The van der Waals surface area contributed by atoms with Crippen LogP contribution in [0.1, 0.15) is 245 Å². The highest BCUT2D eigenvalue weighted by Crippen LogP contribution is 2.16. The molecule has 0 aliphatic rings. The van der Waals surface area contributed by atoms with E-state index in [0.29, 0.717) is 17.4 Å². The summed E-state index contributed by atoms with van der Waals surface area (Å²) in [4.78, 5) is 37.2. The second-order valence-electron chi connectivity index (χ2n) is 20.5. The monoisotopic (exact) mass is 996 g/mol. The molecular formula is C62H109NO8. The molecule has 0 aromatic carbocycles. The summed E-state index contributed by atoms with van der Waals surface area (Å²) in [5, 5.41) is 11.7. The van der Waals surface area contributed by atoms with Gasteiger partial charge in [-0.1, -0.05) is 228 Å². The third-order valence-corrected chi connectivity index (χ3v) is 12.4. The zero-order valence-electron chi connectivity index (χ0n) is 46.6. The van der Waals surface area contributed by atoms with Crippen molar-refractivity contribution in [2.75, 3.05) is 47.5 Å². The van der Waals surface area contributed by atoms with Gasteiger partial charge in [-0.2, -0.15) is 0 Å². The molecular weight excluding hydrogens is 887 g/mol. The van der Waals surface area contributed by atoms with Crippen molar-refractivity contribution < 1.29 is 42.9 Å². The lowest BCUT2D eigenvalue weighted by atomic mass is 10.0. The summed E-state index contributed by atoms with van der Waals surface area (Å²) in [5.41, 5.74) is 0. The molecule has 0 aromatic heterocycles. The van der Waals surface area contributed by atoms with E-state index in [9.17, 15) is 19.5 Å². The van der Waals surface area contributed by atoms with Crippen LogP contribution in [0.15, 0.2) is 72.9 Å². The van der Waals surface area contributed by atoms with Gasteiger partial charge in [0.05, 0.1) is 40.3 Å². The Morgan fingerprint density at radius 1 is 0.437 bits per heavy atom. The lowest BCUT2D eigenvalue weighted by molar-refractivity contribution is -0.870. The highest BCUT2D eigenvalue weighted by molar-refractivity contribution is 5.70. The number of aliphatic carboxylic acids is 1. The van der Waals surface area contributed by atoms with Gasteiger partial charge >= 0.3 is 11.9 Å². The number of quaternary nitrogens is 1. The molecule has 2 atom stereocenters. The van der Waals surface area contributed by atoms with Crippen LogP contribution in [0.25, 0.3) is 0 Å². The van der Waals surface area contributed by atoms with E-state index < -0.39 is 24.3 Å². The van der Waals surface area contributed by atoms with Gasteiger partial charge in [-0.05, 0) is 77.0 Å². The fourth-order valence-electron chi connectivity index (χ4n) is 7.98. The first-order valence-corrected chi connectivity index (χ1v) is 29.1. The summed E-state index contributed by atoms with van der Waals surface area (Å²) in [6.07, 6.45) is 65.4. The molecule has 9 nitrogen and oxygen atoms in total. The van der Waals surface area contributed by atoms with Crippen LogP contribution >= 0.6 is 0 Å². The molecule has 410 valence electrons. The zero-order valence-corrected chi connectivity index (χ0v) is 46.6. The quantitative estimate of drug-likeness (QED) is 0.0195. The topological polar surface area (TPSA) is 111 Å². The maximum absolute atomic E-state index is 12.8. The van der Waals surface area contributed by atoms with Crippen LogP contribution < -0.4 is 5.11 Å². The molecule has 0 aromatic rings. The number of hydrogen-bond acceptors (Lipinski definition) is 8. The average Bonchev–Trinajstić information content (AvgIpc) is 3.34. The van der Waals surface area contributed by atoms with Crippen molar-refractivity contribution in [1.82, 2.24) is 0 Å². The highest BCUT2D eigenvalue weighted by atomic mass is 16.7. The van der Waals surface area contributed by atoms with E-state index in [1.807, 2.05) is 21.1 Å². The number of carbonyl (C=O) groups excluding carboxylic acids is 3. The minimum atomic E-state index is -1.62. The molecule has 71 heavy (non-hydrogen) atoms. The second-order valence-corrected chi connectivity index (χ2v) is 20.5. The van der Waals surface area contributed by atoms with Crippen LogP contribution in [-0.4, -0.2) is 82.3 Å². The predicted octanol–water partition coefficient (Wildman–Crippen LogP) is 15.7. The van der Waals surface area contributed by atoms with Gasteiger partial charge in [0.15, 0.2) is 12.4 Å². The van der Waals surface area contributed by atoms with Crippen molar-refractivity contribution in [3.63, 3.8) is 0 Å². The minimum Gasteiger partial charge on any atom is -0.545 e. The van der Waals surface area contributed by atoms with E-state index in [1.165, 1.54) is 122 Å². The molecule has 0 aliphatic carbocycles. The van der Waals surface area contributed by atoms with Gasteiger partial charge in [0.1, 0.15) is 13.2 Å². The Labute approximate surface area is 437 Å². The van der Waals surface area contributed by atoms with Crippen molar-refractivity contribution >= 4 is 17.9 Å². The Bertz CT molecular complexity index is 1390. The van der Waals surface area contributed by atoms with Gasteiger partial charge in [0.25, 0.3) is 0 Å². The normalized spacial score (nSPS) is 13.3. The standard InChI is InChI=1S/C62H109NO8/c1-6-8-10-12-14-16-18-20-21-22-23-24-25-26-27-28-29-30-31-32-33-34-35-36-37-38-39-41-43-45-47-49-51-53-60(65)71-58(57-70-62(61(66)67)68-55-54-63(3,4)5)56-69-59(64)52-50-48-46-44-42-40-19-17-15-13-11-9-7-2/h8,10-11,13-14,16-17,19-21,23-24,58,62H,6-7,9,12,15,18,22,25-57H2,1-5H3/b10-8-,13-11-,16-14-,19-17-,21-20-,24-23-. The number of carbonyl (C=O) groups is 3. The molecule has 0 spiro atoms. The summed E-state index contributed by atoms with van der Waals surface area (Å²) >= 11 is 0. The van der Waals surface area contributed by atoms with Crippen molar-refractivity contribution in [2.45, 2.75) is 257 Å². The molecule has 2 unspecified atom stereocenters. The minimum absolute atomic E-state index is 0.144. The first-order valence-electron chi connectivity index (χ1n) is 29.1. The van der Waals surface area contributed by atoms with Crippen LogP contribution in [0.4, 0.5) is 0 Å². The first kappa shape index (κ1) is 67.7. The van der Waals surface area contributed by atoms with Crippen LogP contribution in [0.3, 0.4) is 0 Å². The number of ether oxygens (including phenoxy) is 4. The molecule has 0 fully saturated rings. The van der Waals surface area contributed by atoms with E-state index >= 15 is 0 Å². The van der Waals surface area contributed by atoms with Crippen molar-refractivity contribution in [3.05, 3.63) is 72.9 Å². The predicted molar refractivity (Wildman–Crippen MR) is 297 cm³/mol. The average molecular weight is 997 g/mol. The van der Waals surface area contributed by atoms with E-state index in [0.717, 1.165) is 89.9 Å². The fraction of sp³-hybridized carbons (Fsp3) is 0.758. The van der Waals surface area contributed by atoms with Gasteiger partial charge in [-0.25, -0.2) is 0 Å². The third kappa shape index (κ3) is 54.3. The number of unbranched alkanes of at least 4 members (excludes halogenated alkanes) is 26. The number of likely N-dealkylation sites (N-methyl/N-ethyl adjacent to an activating group) is 1. The lowest BCUT2D eigenvalue weighted by Crippen LogP contribution is -2.44. The van der Waals surface area contributed by atoms with E-state index in [-0.39, 0.29) is 38.6 Å². The summed E-state index contributed by atoms with van der Waals surface area (Å²) < 4.78 is 22.6. The molecule has 0 saturated heterocycles. The largest absolute Gasteiger partial charge is 0.545 e. The molecule has 0 N–H and O–H groups in total. The number of rotatable bonds is 53. The zero-order chi connectivity index (χ0) is 52.0. The van der Waals surface area contributed by atoms with E-state index in [1.54, 1.807) is 0 Å². The van der Waals surface area contributed by atoms with Crippen molar-refractivity contribution in [2.24, 2.45) is 0 Å². The molecule has 0 heterocycles. The maximum atomic E-state index is 12.8. The smallest absolute Gasteiger partial charge is 0.306 e. The van der Waals surface area contributed by atoms with Crippen molar-refractivity contribution in [1.29, 1.82) is 0 Å². The molecule has 0 aliphatic heterocycles. The number of hydrogen-bond donors (Lipinski definition) is 0. The van der Waals surface area contributed by atoms with Crippen molar-refractivity contribution in [3.8, 4) is 0 Å². The number of carboxylic acids is 1. The Morgan fingerprint density at radius 2 is 0.803 bits per heavy atom. The molecule has 9 heteroatoms. The summed E-state index contributed by atoms with van der Waals surface area (Å²) in [5.74, 6) is -2.30. The van der Waals surface area contributed by atoms with Gasteiger partial charge in [0, 0.05) is 12.8 Å². The summed E-state index contributed by atoms with van der Waals surface area (Å²) in [7, 11) is 5.91. The van der Waals surface area contributed by atoms with Gasteiger partial charge < -0.3 is 33.3 Å². The molecule has 0 saturated carbocycles. The molecule has 0 radical (unpaired) electrons. The third-order valence-electron chi connectivity index (χ3n) is 12.4. The number of carboxylic acid groups (broad SMARTS) is 1. The highest BCUT2D eigenvalue weighted by Gasteiger charge is 2.22. The number of allylic oxidation sites excluding steroid dienone is 12. The SMILES string of the molecule is CC/C=C\C/C=C\C/C=C\C/C=C\CCCCCCCCCCCCCCCCCCCCCCC(=O)OC(COC(=O)CCCCCCC/C=C\C/C=C\CCC)COC(OCC[N+](C)(C)C)C(=O)[O-]. The first-order chi connectivity index (χ1) is 34.6. The Kier molecular flexibility index (Phi) is 50.6. The number of esters is 2. The molecule has 0 rings (SSSR count). The summed E-state index contributed by atoms with van der Waals surface area (Å²) in [6.45, 7) is 4.56. The molecule has 0 amide bonds. The van der Waals surface area contributed by atoms with E-state index in [4.69, 9.17) is 18.9 Å². The number of nitrogens with zero attached hydrogens (tertiary/aromatic N) is 1. The fourth-order valence-corrected chi connectivity index (χ4v) is 7.98. The van der Waals surface area contributed by atoms with Gasteiger partial charge in [-0.3, -0.25) is 9.59 Å². The second kappa shape index (κ2) is 53.0. The maximum Gasteiger partial charge on any atom is 0.306 e. The van der Waals surface area contributed by atoms with Gasteiger partial charge in [0.2, 0.25) is 0 Å². The van der Waals surface area contributed by atoms with Crippen LogP contribution in [0, 0.1) is 0 Å². The van der Waals surface area contributed by atoms with Crippen LogP contribution in [-0.2, 0) is 33.3 Å². The lowest BCUT2D eigenvalue weighted by Gasteiger charge is -2.26. The summed E-state index contributed by atoms with van der Waals surface area (Å²) in [6, 6.07) is 0.